The fourth-order valence-electron chi connectivity index (χ4n) is 0.616. The zero-order valence-corrected chi connectivity index (χ0v) is 7.34. The van der Waals surface area contributed by atoms with Gasteiger partial charge in [-0.2, -0.15) is 0 Å². The molecule has 0 aliphatic heterocycles. The summed E-state index contributed by atoms with van der Waals surface area (Å²) in [5.41, 5.74) is 0. The average molecular weight is 176 g/mol. The van der Waals surface area contributed by atoms with E-state index in [0.717, 1.165) is 6.92 Å². The lowest BCUT2D eigenvalue weighted by Gasteiger charge is -2.14. The fraction of sp³-hybridized carbons (Fsp3) is 0.750. The van der Waals surface area contributed by atoms with Gasteiger partial charge in [-0.15, -0.1) is 0 Å². The molecule has 0 spiro atoms. The van der Waals surface area contributed by atoms with Crippen LogP contribution in [0.3, 0.4) is 0 Å². The Morgan fingerprint density at radius 1 is 1.67 bits per heavy atom. The molecule has 0 unspecified atom stereocenters. The van der Waals surface area contributed by atoms with Crippen LogP contribution < -0.4 is 5.32 Å². The van der Waals surface area contributed by atoms with Gasteiger partial charge in [-0.05, 0) is 12.3 Å². The van der Waals surface area contributed by atoms with Gasteiger partial charge in [0, 0.05) is 9.67 Å². The third kappa shape index (κ3) is 4.71. The van der Waals surface area contributed by atoms with Crippen LogP contribution in [0.1, 0.15) is 31.3 Å². The molecule has 0 aromatic rings. The van der Waals surface area contributed by atoms with Crippen molar-refractivity contribution in [2.24, 2.45) is 5.92 Å². The van der Waals surface area contributed by atoms with E-state index in [4.69, 9.17) is 9.22 Å². The van der Waals surface area contributed by atoms with Crippen molar-refractivity contribution in [2.75, 3.05) is 0 Å². The van der Waals surface area contributed by atoms with Crippen LogP contribution in [-0.2, 0) is 9.59 Å². The number of rotatable bonds is 4. The Labute approximate surface area is 76.2 Å². The largest absolute Gasteiger partial charge is 0.480 e. The molecule has 4 heteroatoms. The van der Waals surface area contributed by atoms with Gasteiger partial charge in [-0.1, -0.05) is 13.8 Å². The summed E-state index contributed by atoms with van der Waals surface area (Å²) in [7, 11) is 0. The van der Waals surface area contributed by atoms with Gasteiger partial charge in [0.15, 0.2) is 0 Å². The second-order valence-electron chi connectivity index (χ2n) is 2.66. The summed E-state index contributed by atoms with van der Waals surface area (Å²) in [6, 6.07) is -2.66. The first-order chi connectivity index (χ1) is 6.55. The van der Waals surface area contributed by atoms with Gasteiger partial charge in [0.05, 0.1) is 1.37 Å². The van der Waals surface area contributed by atoms with Crippen molar-refractivity contribution in [1.29, 1.82) is 0 Å². The Bertz CT molecular complexity index is 280. The molecule has 2 N–H and O–H groups in total. The molecule has 0 rings (SSSR count). The van der Waals surface area contributed by atoms with Crippen molar-refractivity contribution >= 4 is 11.9 Å². The van der Waals surface area contributed by atoms with Crippen molar-refractivity contribution in [3.05, 3.63) is 0 Å². The maximum atomic E-state index is 10.9. The van der Waals surface area contributed by atoms with Gasteiger partial charge >= 0.3 is 5.97 Å². The van der Waals surface area contributed by atoms with E-state index < -0.39 is 30.2 Å². The van der Waals surface area contributed by atoms with E-state index in [-0.39, 0.29) is 0 Å². The van der Waals surface area contributed by atoms with Crippen molar-refractivity contribution in [1.82, 2.24) is 5.32 Å². The molecule has 70 valence electrons. The highest BCUT2D eigenvalue weighted by atomic mass is 16.4. The Morgan fingerprint density at radius 2 is 2.17 bits per heavy atom. The summed E-state index contributed by atoms with van der Waals surface area (Å²) in [5, 5.41) is 10.7. The molecule has 0 saturated heterocycles. The summed E-state index contributed by atoms with van der Waals surface area (Å²) in [6.07, 6.45) is -2.36. The van der Waals surface area contributed by atoms with E-state index in [2.05, 4.69) is 0 Å². The van der Waals surface area contributed by atoms with Crippen LogP contribution in [0, 0.1) is 5.92 Å². The standard InChI is InChI=1S/C8H15NO3/c1-5(2)4-7(8(11)12)9-6(3)10/h5,7H,4H2,1-3H3,(H,9,10)(H,11,12)/t7-/m0/s1/i4D2,7D. The number of hydrogen-bond acceptors (Lipinski definition) is 2. The summed E-state index contributed by atoms with van der Waals surface area (Å²) in [4.78, 5) is 21.6. The molecule has 4 nitrogen and oxygen atoms in total. The molecule has 1 amide bonds. The number of carboxylic acid groups (broad SMARTS) is 1. The van der Waals surface area contributed by atoms with E-state index in [0.29, 0.717) is 0 Å². The predicted molar refractivity (Wildman–Crippen MR) is 44.7 cm³/mol. The van der Waals surface area contributed by atoms with Crippen LogP contribution in [0.5, 0.6) is 0 Å². The Morgan fingerprint density at radius 3 is 2.42 bits per heavy atom. The van der Waals surface area contributed by atoms with Crippen LogP contribution in [0.25, 0.3) is 0 Å². The van der Waals surface area contributed by atoms with Crippen LogP contribution in [0.2, 0.25) is 0 Å². The zero-order chi connectivity index (χ0) is 12.4. The molecule has 0 aromatic heterocycles. The summed E-state index contributed by atoms with van der Waals surface area (Å²) in [5.74, 6) is -3.17. The summed E-state index contributed by atoms with van der Waals surface area (Å²) < 4.78 is 22.6. The first kappa shape index (κ1) is 6.46. The lowest BCUT2D eigenvalue weighted by atomic mass is 10.0. The number of carbonyl (C=O) groups excluding carboxylic acids is 1. The SMILES string of the molecule is [2H]C([2H])(C(C)C)[C@]([2H])(NC(C)=O)C(=O)O. The quantitative estimate of drug-likeness (QED) is 0.660. The van der Waals surface area contributed by atoms with E-state index >= 15 is 0 Å². The van der Waals surface area contributed by atoms with Gasteiger partial charge in [0.2, 0.25) is 5.91 Å². The highest BCUT2D eigenvalue weighted by Gasteiger charge is 2.18. The van der Waals surface area contributed by atoms with Gasteiger partial charge in [0.1, 0.15) is 6.02 Å². The fourth-order valence-corrected chi connectivity index (χ4v) is 0.616. The molecule has 0 aliphatic rings. The number of aliphatic carboxylic acids is 1. The number of amides is 1. The van der Waals surface area contributed by atoms with Crippen LogP contribution >= 0.6 is 0 Å². The third-order valence-electron chi connectivity index (χ3n) is 0.948. The van der Waals surface area contributed by atoms with E-state index in [1.54, 1.807) is 0 Å². The van der Waals surface area contributed by atoms with Crippen molar-refractivity contribution in [3.8, 4) is 0 Å². The third-order valence-corrected chi connectivity index (χ3v) is 0.948. The van der Waals surface area contributed by atoms with Crippen molar-refractivity contribution in [2.45, 2.75) is 33.2 Å². The van der Waals surface area contributed by atoms with Crippen LogP contribution in [-0.4, -0.2) is 23.0 Å². The summed E-state index contributed by atoms with van der Waals surface area (Å²) >= 11 is 0. The van der Waals surface area contributed by atoms with Crippen molar-refractivity contribution in [3.63, 3.8) is 0 Å². The maximum Gasteiger partial charge on any atom is 0.326 e. The molecular formula is C8H15NO3. The topological polar surface area (TPSA) is 66.4 Å². The molecule has 0 aliphatic carbocycles. The smallest absolute Gasteiger partial charge is 0.326 e. The first-order valence-electron chi connectivity index (χ1n) is 5.08. The van der Waals surface area contributed by atoms with E-state index in [1.165, 1.54) is 13.8 Å². The zero-order valence-electron chi connectivity index (χ0n) is 10.3. The Hall–Kier alpha value is -1.06. The normalized spacial score (nSPS) is 20.2. The van der Waals surface area contributed by atoms with Crippen LogP contribution in [0.4, 0.5) is 0 Å². The van der Waals surface area contributed by atoms with Gasteiger partial charge < -0.3 is 10.4 Å². The number of nitrogens with one attached hydrogen (secondary N) is 1. The molecular weight excluding hydrogens is 158 g/mol. The first-order valence-corrected chi connectivity index (χ1v) is 3.58. The second kappa shape index (κ2) is 4.74. The Kier molecular flexibility index (Phi) is 2.55. The molecule has 1 atom stereocenters. The second-order valence-corrected chi connectivity index (χ2v) is 2.66. The van der Waals surface area contributed by atoms with E-state index in [1.807, 2.05) is 5.32 Å². The molecule has 0 fully saturated rings. The lowest BCUT2D eigenvalue weighted by Crippen LogP contribution is -2.40. The minimum absolute atomic E-state index is 0.710. The predicted octanol–water partition coefficient (Wildman–Crippen LogP) is 0.622. The van der Waals surface area contributed by atoms with Crippen LogP contribution in [0.15, 0.2) is 0 Å². The minimum Gasteiger partial charge on any atom is -0.480 e. The monoisotopic (exact) mass is 176 g/mol. The molecule has 0 saturated carbocycles. The number of carbonyl (C=O) groups is 2. The minimum atomic E-state index is -2.66. The molecule has 0 bridgehead atoms. The molecule has 12 heavy (non-hydrogen) atoms. The average Bonchev–Trinajstić information content (AvgIpc) is 2.01. The highest BCUT2D eigenvalue weighted by molar-refractivity contribution is 5.81. The lowest BCUT2D eigenvalue weighted by molar-refractivity contribution is -0.142. The van der Waals surface area contributed by atoms with Gasteiger partial charge in [-0.25, -0.2) is 4.79 Å². The van der Waals surface area contributed by atoms with Gasteiger partial charge in [-0.3, -0.25) is 4.79 Å². The molecule has 0 radical (unpaired) electrons. The molecule has 0 heterocycles. The Balaban J connectivity index is 5.29. The van der Waals surface area contributed by atoms with Gasteiger partial charge in [0.25, 0.3) is 0 Å². The number of carboxylic acids is 1. The molecule has 0 aromatic carbocycles. The van der Waals surface area contributed by atoms with E-state index in [9.17, 15) is 9.59 Å². The highest BCUT2D eigenvalue weighted by Crippen LogP contribution is 2.04. The van der Waals surface area contributed by atoms with Crippen molar-refractivity contribution < 1.29 is 18.8 Å². The maximum absolute atomic E-state index is 10.9. The number of hydrogen-bond donors (Lipinski definition) is 2. The summed E-state index contributed by atoms with van der Waals surface area (Å²) in [6.45, 7) is 3.95.